The van der Waals surface area contributed by atoms with Gasteiger partial charge in [0, 0.05) is 5.69 Å². The molecule has 1 aromatic heterocycles. The molecule has 0 amide bonds. The van der Waals surface area contributed by atoms with E-state index in [2.05, 4.69) is 25.0 Å². The Labute approximate surface area is 126 Å². The fourth-order valence-electron chi connectivity index (χ4n) is 2.25. The summed E-state index contributed by atoms with van der Waals surface area (Å²) >= 11 is 0. The minimum atomic E-state index is 0.585. The van der Waals surface area contributed by atoms with Gasteiger partial charge in [-0.2, -0.15) is 5.10 Å². The molecule has 0 saturated carbocycles. The van der Waals surface area contributed by atoms with Gasteiger partial charge in [-0.05, 0) is 38.0 Å². The van der Waals surface area contributed by atoms with Crippen LogP contribution >= 0.6 is 0 Å². The quantitative estimate of drug-likeness (QED) is 0.746. The lowest BCUT2D eigenvalue weighted by Crippen LogP contribution is -2.12. The highest BCUT2D eigenvalue weighted by Crippen LogP contribution is 2.26. The van der Waals surface area contributed by atoms with Crippen LogP contribution < -0.4 is 9.47 Å². The number of nitrogens with zero attached hydrogens (tertiary/aromatic N) is 2. The van der Waals surface area contributed by atoms with Gasteiger partial charge in [0.2, 0.25) is 0 Å². The lowest BCUT2D eigenvalue weighted by Gasteiger charge is -2.12. The van der Waals surface area contributed by atoms with Crippen LogP contribution in [0.4, 0.5) is 0 Å². The van der Waals surface area contributed by atoms with Crippen molar-refractivity contribution >= 4 is 0 Å². The molecule has 0 aliphatic rings. The summed E-state index contributed by atoms with van der Waals surface area (Å²) in [5.74, 6) is 1.59. The molecule has 4 nitrogen and oxygen atoms in total. The van der Waals surface area contributed by atoms with Crippen molar-refractivity contribution in [2.24, 2.45) is 0 Å². The van der Waals surface area contributed by atoms with E-state index in [1.807, 2.05) is 35.9 Å². The Balaban J connectivity index is 1.97. The Morgan fingerprint density at radius 2 is 1.71 bits per heavy atom. The van der Waals surface area contributed by atoms with Crippen LogP contribution in [0, 0.1) is 0 Å². The van der Waals surface area contributed by atoms with Crippen LogP contribution in [0.1, 0.15) is 32.2 Å². The molecule has 0 aliphatic heterocycles. The predicted molar refractivity (Wildman–Crippen MR) is 84.1 cm³/mol. The van der Waals surface area contributed by atoms with Gasteiger partial charge in [0.25, 0.3) is 0 Å². The monoisotopic (exact) mass is 288 g/mol. The molecule has 1 aromatic carbocycles. The van der Waals surface area contributed by atoms with Crippen molar-refractivity contribution in [1.82, 2.24) is 9.78 Å². The lowest BCUT2D eigenvalue weighted by atomic mass is 10.3. The molecule has 2 rings (SSSR count). The number of benzene rings is 1. The molecule has 0 radical (unpaired) electrons. The van der Waals surface area contributed by atoms with Crippen molar-refractivity contribution in [2.45, 2.75) is 40.2 Å². The molecule has 1 heterocycles. The molecule has 0 N–H and O–H groups in total. The Morgan fingerprint density at radius 3 is 2.33 bits per heavy atom. The minimum absolute atomic E-state index is 0.585. The number of rotatable bonds is 8. The lowest BCUT2D eigenvalue weighted by molar-refractivity contribution is 0.261. The first-order valence-electron chi connectivity index (χ1n) is 7.68. The molecular weight excluding hydrogens is 264 g/mol. The highest BCUT2D eigenvalue weighted by Gasteiger charge is 2.07. The van der Waals surface area contributed by atoms with Gasteiger partial charge in [0.15, 0.2) is 11.5 Å². The summed E-state index contributed by atoms with van der Waals surface area (Å²) < 4.78 is 13.5. The smallest absolute Gasteiger partial charge is 0.161 e. The first-order valence-corrected chi connectivity index (χ1v) is 7.68. The average molecular weight is 288 g/mol. The molecule has 2 aromatic rings. The van der Waals surface area contributed by atoms with E-state index in [9.17, 15) is 0 Å². The number of hydrogen-bond acceptors (Lipinski definition) is 3. The van der Waals surface area contributed by atoms with E-state index in [-0.39, 0.29) is 0 Å². The fraction of sp³-hybridized carbons (Fsp3) is 0.471. The zero-order valence-corrected chi connectivity index (χ0v) is 13.1. The first-order chi connectivity index (χ1) is 10.3. The SMILES string of the molecule is CCOc1ccccc1OCCn1nc(CC)cc1CC. The molecule has 0 saturated heterocycles. The zero-order valence-electron chi connectivity index (χ0n) is 13.1. The van der Waals surface area contributed by atoms with Crippen molar-refractivity contribution in [1.29, 1.82) is 0 Å². The molecule has 0 spiro atoms. The number of para-hydroxylation sites is 2. The predicted octanol–water partition coefficient (Wildman–Crippen LogP) is 3.49. The van der Waals surface area contributed by atoms with Crippen LogP contribution in [0.5, 0.6) is 11.5 Å². The molecule has 4 heteroatoms. The van der Waals surface area contributed by atoms with Crippen molar-refractivity contribution < 1.29 is 9.47 Å². The maximum atomic E-state index is 5.85. The second-order valence-electron chi connectivity index (χ2n) is 4.79. The first kappa shape index (κ1) is 15.4. The van der Waals surface area contributed by atoms with Gasteiger partial charge < -0.3 is 9.47 Å². The topological polar surface area (TPSA) is 36.3 Å². The third-order valence-corrected chi connectivity index (χ3v) is 3.35. The van der Waals surface area contributed by atoms with Crippen molar-refractivity contribution in [3.8, 4) is 11.5 Å². The van der Waals surface area contributed by atoms with Crippen LogP contribution in [0.3, 0.4) is 0 Å². The molecule has 114 valence electrons. The minimum Gasteiger partial charge on any atom is -0.490 e. The molecule has 0 unspecified atom stereocenters. The summed E-state index contributed by atoms with van der Waals surface area (Å²) in [6.45, 7) is 8.23. The van der Waals surface area contributed by atoms with Gasteiger partial charge in [-0.15, -0.1) is 0 Å². The van der Waals surface area contributed by atoms with E-state index < -0.39 is 0 Å². The van der Waals surface area contributed by atoms with E-state index in [4.69, 9.17) is 9.47 Å². The number of ether oxygens (including phenoxy) is 2. The van der Waals surface area contributed by atoms with Gasteiger partial charge >= 0.3 is 0 Å². The summed E-state index contributed by atoms with van der Waals surface area (Å²) in [5, 5.41) is 4.59. The molecular formula is C17H24N2O2. The van der Waals surface area contributed by atoms with Crippen LogP contribution in [-0.4, -0.2) is 23.0 Å². The van der Waals surface area contributed by atoms with Crippen LogP contribution in [-0.2, 0) is 19.4 Å². The van der Waals surface area contributed by atoms with Gasteiger partial charge in [0.1, 0.15) is 6.61 Å². The zero-order chi connectivity index (χ0) is 15.1. The maximum Gasteiger partial charge on any atom is 0.161 e. The summed E-state index contributed by atoms with van der Waals surface area (Å²) in [6.07, 6.45) is 1.95. The van der Waals surface area contributed by atoms with Gasteiger partial charge in [-0.3, -0.25) is 4.68 Å². The average Bonchev–Trinajstić information content (AvgIpc) is 2.92. The largest absolute Gasteiger partial charge is 0.490 e. The molecule has 0 atom stereocenters. The number of aryl methyl sites for hydroxylation is 2. The second kappa shape index (κ2) is 7.72. The Hall–Kier alpha value is -1.97. The highest BCUT2D eigenvalue weighted by molar-refractivity contribution is 5.39. The maximum absolute atomic E-state index is 5.85. The summed E-state index contributed by atoms with van der Waals surface area (Å²) in [4.78, 5) is 0. The van der Waals surface area contributed by atoms with E-state index in [0.29, 0.717) is 13.2 Å². The fourth-order valence-corrected chi connectivity index (χ4v) is 2.25. The molecule has 21 heavy (non-hydrogen) atoms. The van der Waals surface area contributed by atoms with Crippen molar-refractivity contribution in [3.63, 3.8) is 0 Å². The van der Waals surface area contributed by atoms with Gasteiger partial charge in [-0.1, -0.05) is 26.0 Å². The van der Waals surface area contributed by atoms with Crippen LogP contribution in [0.15, 0.2) is 30.3 Å². The second-order valence-corrected chi connectivity index (χ2v) is 4.79. The summed E-state index contributed by atoms with van der Waals surface area (Å²) in [5.41, 5.74) is 2.40. The van der Waals surface area contributed by atoms with Gasteiger partial charge in [-0.25, -0.2) is 0 Å². The number of aromatic nitrogens is 2. The van der Waals surface area contributed by atoms with E-state index in [1.165, 1.54) is 5.69 Å². The third-order valence-electron chi connectivity index (χ3n) is 3.35. The molecule has 0 bridgehead atoms. The molecule has 0 aliphatic carbocycles. The highest BCUT2D eigenvalue weighted by atomic mass is 16.5. The Kier molecular flexibility index (Phi) is 5.67. The molecule has 0 fully saturated rings. The Morgan fingerprint density at radius 1 is 1.00 bits per heavy atom. The summed E-state index contributed by atoms with van der Waals surface area (Å²) in [7, 11) is 0. The number of hydrogen-bond donors (Lipinski definition) is 0. The normalized spacial score (nSPS) is 10.6. The summed E-state index contributed by atoms with van der Waals surface area (Å²) in [6, 6.07) is 9.95. The van der Waals surface area contributed by atoms with Crippen LogP contribution in [0.25, 0.3) is 0 Å². The van der Waals surface area contributed by atoms with E-state index in [0.717, 1.165) is 36.6 Å². The third kappa shape index (κ3) is 4.00. The standard InChI is InChI=1S/C17H24N2O2/c1-4-14-13-15(5-2)19(18-14)11-12-21-17-10-8-7-9-16(17)20-6-3/h7-10,13H,4-6,11-12H2,1-3H3. The van der Waals surface area contributed by atoms with Gasteiger partial charge in [0.05, 0.1) is 18.8 Å². The van der Waals surface area contributed by atoms with Crippen molar-refractivity contribution in [3.05, 3.63) is 41.7 Å². The van der Waals surface area contributed by atoms with E-state index >= 15 is 0 Å². The Bertz CT molecular complexity index is 564. The van der Waals surface area contributed by atoms with E-state index in [1.54, 1.807) is 0 Å². The van der Waals surface area contributed by atoms with Crippen molar-refractivity contribution in [2.75, 3.05) is 13.2 Å². The van der Waals surface area contributed by atoms with Crippen LogP contribution in [0.2, 0.25) is 0 Å².